The molecule has 0 atom stereocenters. The van der Waals surface area contributed by atoms with E-state index in [1.807, 2.05) is 26.0 Å². The van der Waals surface area contributed by atoms with E-state index in [4.69, 9.17) is 14.2 Å². The summed E-state index contributed by atoms with van der Waals surface area (Å²) in [5.41, 5.74) is 6.97. The van der Waals surface area contributed by atoms with Gasteiger partial charge in [-0.2, -0.15) is 5.10 Å². The van der Waals surface area contributed by atoms with Crippen LogP contribution in [0.5, 0.6) is 17.2 Å². The molecule has 1 heterocycles. The number of hydrogen-bond donors (Lipinski definition) is 1. The molecule has 7 heteroatoms. The molecule has 0 fully saturated rings. The van der Waals surface area contributed by atoms with E-state index < -0.39 is 0 Å². The maximum atomic E-state index is 12.4. The number of aromatic nitrogens is 1. The third kappa shape index (κ3) is 4.30. The predicted octanol–water partition coefficient (Wildman–Crippen LogP) is 3.88. The molecule has 0 saturated heterocycles. The number of hydrogen-bond acceptors (Lipinski definition) is 5. The highest BCUT2D eigenvalue weighted by Gasteiger charge is 2.11. The molecule has 0 saturated carbocycles. The first kappa shape index (κ1) is 21.0. The summed E-state index contributed by atoms with van der Waals surface area (Å²) in [6.07, 6.45) is 1.50. The number of aryl methyl sites for hydroxylation is 2. The Bertz CT molecular complexity index is 1050. The lowest BCUT2D eigenvalue weighted by atomic mass is 10.2. The van der Waals surface area contributed by atoms with Crippen LogP contribution in [0, 0.1) is 13.8 Å². The van der Waals surface area contributed by atoms with Crippen molar-refractivity contribution in [3.05, 3.63) is 71.0 Å². The van der Waals surface area contributed by atoms with Gasteiger partial charge >= 0.3 is 0 Å². The first-order valence-corrected chi connectivity index (χ1v) is 9.37. The van der Waals surface area contributed by atoms with Gasteiger partial charge in [-0.3, -0.25) is 4.79 Å². The lowest BCUT2D eigenvalue weighted by molar-refractivity contribution is 0.0955. The summed E-state index contributed by atoms with van der Waals surface area (Å²) in [5, 5.41) is 4.05. The molecular weight excluding hydrogens is 382 g/mol. The second-order valence-corrected chi connectivity index (χ2v) is 6.65. The molecule has 3 rings (SSSR count). The molecule has 1 N–H and O–H groups in total. The Hall–Kier alpha value is -3.74. The molecule has 30 heavy (non-hydrogen) atoms. The number of carbonyl (C=O) groups is 1. The molecule has 156 valence electrons. The van der Waals surface area contributed by atoms with Crippen LogP contribution in [0.3, 0.4) is 0 Å². The maximum Gasteiger partial charge on any atom is 0.271 e. The second kappa shape index (κ2) is 9.17. The third-order valence-corrected chi connectivity index (χ3v) is 4.76. The summed E-state index contributed by atoms with van der Waals surface area (Å²) in [6, 6.07) is 14.9. The summed E-state index contributed by atoms with van der Waals surface area (Å²) in [6.45, 7) is 4.09. The zero-order valence-electron chi connectivity index (χ0n) is 17.7. The number of benzene rings is 2. The van der Waals surface area contributed by atoms with E-state index in [9.17, 15) is 4.79 Å². The van der Waals surface area contributed by atoms with Gasteiger partial charge < -0.3 is 18.8 Å². The van der Waals surface area contributed by atoms with Gasteiger partial charge in [0.25, 0.3) is 5.91 Å². The molecule has 2 aromatic carbocycles. The van der Waals surface area contributed by atoms with Crippen LogP contribution in [-0.2, 0) is 0 Å². The largest absolute Gasteiger partial charge is 0.496 e. The zero-order chi connectivity index (χ0) is 21.7. The first-order valence-electron chi connectivity index (χ1n) is 9.37. The van der Waals surface area contributed by atoms with Gasteiger partial charge in [0.15, 0.2) is 11.5 Å². The van der Waals surface area contributed by atoms with Gasteiger partial charge in [0.05, 0.1) is 27.5 Å². The number of amides is 1. The Morgan fingerprint density at radius 1 is 0.867 bits per heavy atom. The lowest BCUT2D eigenvalue weighted by Crippen LogP contribution is -2.17. The molecule has 0 aliphatic heterocycles. The van der Waals surface area contributed by atoms with Crippen molar-refractivity contribution in [1.29, 1.82) is 0 Å². The van der Waals surface area contributed by atoms with Crippen LogP contribution < -0.4 is 19.6 Å². The molecule has 0 bridgehead atoms. The molecule has 0 spiro atoms. The van der Waals surface area contributed by atoms with E-state index in [0.717, 1.165) is 17.1 Å². The average Bonchev–Trinajstić information content (AvgIpc) is 3.11. The highest BCUT2D eigenvalue weighted by Crippen LogP contribution is 2.33. The van der Waals surface area contributed by atoms with Gasteiger partial charge in [-0.25, -0.2) is 5.43 Å². The summed E-state index contributed by atoms with van der Waals surface area (Å²) in [7, 11) is 4.65. The lowest BCUT2D eigenvalue weighted by Gasteiger charge is -2.12. The molecule has 3 aromatic rings. The van der Waals surface area contributed by atoms with E-state index >= 15 is 0 Å². The van der Waals surface area contributed by atoms with Crippen molar-refractivity contribution in [3.8, 4) is 22.9 Å². The van der Waals surface area contributed by atoms with E-state index in [2.05, 4.69) is 27.2 Å². The van der Waals surface area contributed by atoms with Gasteiger partial charge in [-0.15, -0.1) is 0 Å². The van der Waals surface area contributed by atoms with Crippen LogP contribution in [0.15, 0.2) is 53.6 Å². The Kier molecular flexibility index (Phi) is 6.41. The van der Waals surface area contributed by atoms with Gasteiger partial charge in [0, 0.05) is 34.3 Å². The smallest absolute Gasteiger partial charge is 0.271 e. The van der Waals surface area contributed by atoms with Crippen molar-refractivity contribution >= 4 is 12.1 Å². The minimum Gasteiger partial charge on any atom is -0.496 e. The van der Waals surface area contributed by atoms with Gasteiger partial charge in [-0.1, -0.05) is 0 Å². The van der Waals surface area contributed by atoms with Gasteiger partial charge in [0.1, 0.15) is 5.75 Å². The highest BCUT2D eigenvalue weighted by atomic mass is 16.5. The number of nitrogens with one attached hydrogen (secondary N) is 1. The van der Waals surface area contributed by atoms with Gasteiger partial charge in [0.2, 0.25) is 0 Å². The SMILES string of the molecule is COc1cc(OC)c(OC)cc1/C=N\NC(=O)c1ccc(-n2c(C)ccc2C)cc1. The average molecular weight is 407 g/mol. The fraction of sp³-hybridized carbons (Fsp3) is 0.217. The van der Waals surface area contributed by atoms with Crippen molar-refractivity contribution in [2.75, 3.05) is 21.3 Å². The summed E-state index contributed by atoms with van der Waals surface area (Å²) >= 11 is 0. The van der Waals surface area contributed by atoms with Crippen LogP contribution in [0.4, 0.5) is 0 Å². The number of hydrazone groups is 1. The Morgan fingerprint density at radius 2 is 1.43 bits per heavy atom. The van der Waals surface area contributed by atoms with Crippen LogP contribution >= 0.6 is 0 Å². The fourth-order valence-corrected chi connectivity index (χ4v) is 3.22. The molecule has 0 aliphatic rings. The number of ether oxygens (including phenoxy) is 3. The van der Waals surface area contributed by atoms with E-state index in [-0.39, 0.29) is 5.91 Å². The first-order chi connectivity index (χ1) is 14.5. The van der Waals surface area contributed by atoms with E-state index in [1.54, 1.807) is 45.6 Å². The van der Waals surface area contributed by atoms with Crippen molar-refractivity contribution in [2.45, 2.75) is 13.8 Å². The van der Waals surface area contributed by atoms with E-state index in [0.29, 0.717) is 28.4 Å². The number of rotatable bonds is 7. The topological polar surface area (TPSA) is 74.1 Å². The number of carbonyl (C=O) groups excluding carboxylic acids is 1. The molecule has 0 aliphatic carbocycles. The second-order valence-electron chi connectivity index (χ2n) is 6.65. The molecular formula is C23H25N3O4. The summed E-state index contributed by atoms with van der Waals surface area (Å²) < 4.78 is 18.0. The van der Waals surface area contributed by atoms with Crippen molar-refractivity contribution in [1.82, 2.24) is 9.99 Å². The Labute approximate surface area is 175 Å². The minimum absolute atomic E-state index is 0.307. The Morgan fingerprint density at radius 3 is 2.00 bits per heavy atom. The standard InChI is InChI=1S/C23H25N3O4/c1-15-6-7-16(2)26(15)19-10-8-17(9-11-19)23(27)25-24-14-18-12-21(29-4)22(30-5)13-20(18)28-3/h6-14H,1-5H3,(H,25,27)/b24-14-. The quantitative estimate of drug-likeness (QED) is 0.476. The molecule has 0 radical (unpaired) electrons. The third-order valence-electron chi connectivity index (χ3n) is 4.76. The molecule has 0 unspecified atom stereocenters. The van der Waals surface area contributed by atoms with Crippen LogP contribution in [0.1, 0.15) is 27.3 Å². The number of methoxy groups -OCH3 is 3. The van der Waals surface area contributed by atoms with Crippen molar-refractivity contribution in [2.24, 2.45) is 5.10 Å². The van der Waals surface area contributed by atoms with E-state index in [1.165, 1.54) is 6.21 Å². The maximum absolute atomic E-state index is 12.4. The fourth-order valence-electron chi connectivity index (χ4n) is 3.22. The van der Waals surface area contributed by atoms with Crippen LogP contribution in [0.2, 0.25) is 0 Å². The van der Waals surface area contributed by atoms with Crippen LogP contribution in [0.25, 0.3) is 5.69 Å². The summed E-state index contributed by atoms with van der Waals surface area (Å²) in [5.74, 6) is 1.33. The monoisotopic (exact) mass is 407 g/mol. The zero-order valence-corrected chi connectivity index (χ0v) is 17.7. The molecule has 1 amide bonds. The van der Waals surface area contributed by atoms with Crippen molar-refractivity contribution < 1.29 is 19.0 Å². The normalized spacial score (nSPS) is 10.8. The molecule has 7 nitrogen and oxygen atoms in total. The van der Waals surface area contributed by atoms with Gasteiger partial charge in [-0.05, 0) is 56.3 Å². The molecule has 1 aromatic heterocycles. The predicted molar refractivity (Wildman–Crippen MR) is 116 cm³/mol. The minimum atomic E-state index is -0.307. The van der Waals surface area contributed by atoms with Crippen molar-refractivity contribution in [3.63, 3.8) is 0 Å². The Balaban J connectivity index is 1.73. The summed E-state index contributed by atoms with van der Waals surface area (Å²) in [4.78, 5) is 12.4. The highest BCUT2D eigenvalue weighted by molar-refractivity contribution is 5.95. The van der Waals surface area contributed by atoms with Crippen LogP contribution in [-0.4, -0.2) is 38.0 Å². The number of nitrogens with zero attached hydrogens (tertiary/aromatic N) is 2.